The number of ether oxygens (including phenoxy) is 1. The Labute approximate surface area is 271 Å². The van der Waals surface area contributed by atoms with Crippen molar-refractivity contribution in [3.63, 3.8) is 0 Å². The van der Waals surface area contributed by atoms with Gasteiger partial charge in [0.25, 0.3) is 21.6 Å². The summed E-state index contributed by atoms with van der Waals surface area (Å²) in [6.45, 7) is 7.84. The number of halogens is 1. The van der Waals surface area contributed by atoms with Crippen LogP contribution in [0.4, 0.5) is 11.4 Å². The van der Waals surface area contributed by atoms with Crippen LogP contribution >= 0.6 is 23.4 Å². The van der Waals surface area contributed by atoms with Gasteiger partial charge in [0.2, 0.25) is 0 Å². The number of nitro benzene ring substituents is 1. The van der Waals surface area contributed by atoms with E-state index < -0.39 is 31.4 Å². The number of anilines is 1. The van der Waals surface area contributed by atoms with Gasteiger partial charge in [0.05, 0.1) is 32.9 Å². The van der Waals surface area contributed by atoms with E-state index in [4.69, 9.17) is 16.3 Å². The minimum absolute atomic E-state index is 0.0568. The molecule has 4 rings (SSSR count). The van der Waals surface area contributed by atoms with Crippen molar-refractivity contribution in [1.29, 1.82) is 0 Å². The van der Waals surface area contributed by atoms with E-state index in [1.165, 1.54) is 18.2 Å². The number of nitro groups is 1. The molecule has 236 valence electrons. The number of amides is 1. The Balaban J connectivity index is 1.54. The van der Waals surface area contributed by atoms with Crippen molar-refractivity contribution >= 4 is 50.7 Å². The number of hydrogen-bond donors (Lipinski definition) is 2. The van der Waals surface area contributed by atoms with Crippen LogP contribution in [0.5, 0.6) is 5.75 Å². The maximum absolute atomic E-state index is 13.3. The third-order valence-corrected chi connectivity index (χ3v) is 9.01. The quantitative estimate of drug-likeness (QED) is 0.0639. The Morgan fingerprint density at radius 3 is 2.42 bits per heavy atom. The van der Waals surface area contributed by atoms with Crippen molar-refractivity contribution in [3.8, 4) is 17.0 Å². The highest BCUT2D eigenvalue weighted by atomic mass is 35.5. The van der Waals surface area contributed by atoms with E-state index in [-0.39, 0.29) is 23.3 Å². The third-order valence-electron chi connectivity index (χ3n) is 6.43. The lowest BCUT2D eigenvalue weighted by Crippen LogP contribution is -2.31. The van der Waals surface area contributed by atoms with E-state index in [1.807, 2.05) is 62.7 Å². The molecule has 3 aromatic carbocycles. The Hall–Kier alpha value is -4.13. The number of nitrogens with zero attached hydrogens (tertiary/aromatic N) is 2. The van der Waals surface area contributed by atoms with Gasteiger partial charge >= 0.3 is 0 Å². The Morgan fingerprint density at radius 2 is 1.76 bits per heavy atom. The van der Waals surface area contributed by atoms with Gasteiger partial charge in [-0.3, -0.25) is 19.9 Å². The van der Waals surface area contributed by atoms with Crippen LogP contribution in [0.1, 0.15) is 49.7 Å². The smallest absolute Gasteiger partial charge is 0.293 e. The molecule has 13 heteroatoms. The first-order chi connectivity index (χ1) is 21.4. The lowest BCUT2D eigenvalue weighted by molar-refractivity contribution is -0.384. The summed E-state index contributed by atoms with van der Waals surface area (Å²) in [6, 6.07) is 21.4. The van der Waals surface area contributed by atoms with Gasteiger partial charge in [-0.25, -0.2) is 13.1 Å². The highest BCUT2D eigenvalue weighted by Crippen LogP contribution is 2.34. The van der Waals surface area contributed by atoms with Crippen molar-refractivity contribution in [3.05, 3.63) is 105 Å². The molecule has 2 N–H and O–H groups in total. The highest BCUT2D eigenvalue weighted by molar-refractivity contribution is 7.99. The van der Waals surface area contributed by atoms with E-state index >= 15 is 0 Å². The van der Waals surface area contributed by atoms with Gasteiger partial charge in [0.15, 0.2) is 0 Å². The molecular weight excluding hydrogens is 636 g/mol. The predicted octanol–water partition coefficient (Wildman–Crippen LogP) is 7.54. The maximum atomic E-state index is 13.3. The summed E-state index contributed by atoms with van der Waals surface area (Å²) in [6.07, 6.45) is -0.124. The number of rotatable bonds is 13. The molecule has 0 saturated carbocycles. The van der Waals surface area contributed by atoms with E-state index in [9.17, 15) is 23.3 Å². The van der Waals surface area contributed by atoms with Gasteiger partial charge in [0.1, 0.15) is 11.4 Å². The first-order valence-electron chi connectivity index (χ1n) is 14.1. The number of pyridine rings is 1. The van der Waals surface area contributed by atoms with Crippen molar-refractivity contribution in [2.45, 2.75) is 49.5 Å². The molecule has 0 fully saturated rings. The third kappa shape index (κ3) is 8.74. The van der Waals surface area contributed by atoms with E-state index in [0.717, 1.165) is 11.0 Å². The highest BCUT2D eigenvalue weighted by Gasteiger charge is 2.26. The zero-order valence-electron chi connectivity index (χ0n) is 25.1. The predicted molar refractivity (Wildman–Crippen MR) is 178 cm³/mol. The number of hydrogen-bond acceptors (Lipinski definition) is 9. The minimum atomic E-state index is -4.47. The van der Waals surface area contributed by atoms with Crippen LogP contribution in [-0.4, -0.2) is 42.6 Å². The Bertz CT molecular complexity index is 1800. The maximum Gasteiger partial charge on any atom is 0.293 e. The van der Waals surface area contributed by atoms with E-state index in [0.29, 0.717) is 40.0 Å². The summed E-state index contributed by atoms with van der Waals surface area (Å²) < 4.78 is 34.4. The second-order valence-electron chi connectivity index (χ2n) is 10.6. The topological polar surface area (TPSA) is 141 Å². The van der Waals surface area contributed by atoms with E-state index in [1.54, 1.807) is 36.0 Å². The summed E-state index contributed by atoms with van der Waals surface area (Å²) in [4.78, 5) is 29.8. The summed E-state index contributed by atoms with van der Waals surface area (Å²) in [5, 5.41) is 15.3. The first kappa shape index (κ1) is 33.8. The van der Waals surface area contributed by atoms with Gasteiger partial charge in [-0.05, 0) is 74.4 Å². The molecule has 0 spiro atoms. The summed E-state index contributed by atoms with van der Waals surface area (Å²) in [5.74, 6) is -0.00208. The van der Waals surface area contributed by atoms with E-state index in [2.05, 4.69) is 10.3 Å². The van der Waals surface area contributed by atoms with Crippen molar-refractivity contribution in [1.82, 2.24) is 9.71 Å². The van der Waals surface area contributed by atoms with Gasteiger partial charge in [-0.1, -0.05) is 43.6 Å². The summed E-state index contributed by atoms with van der Waals surface area (Å²) in [5.41, 5.74) is 1.35. The fourth-order valence-electron chi connectivity index (χ4n) is 4.40. The monoisotopic (exact) mass is 668 g/mol. The van der Waals surface area contributed by atoms with Crippen LogP contribution in [0.15, 0.2) is 88.7 Å². The standard InChI is InChI=1S/C32H33ClN4O6S2/c1-20(2)31-26(13-15-27(35-31)25-12-10-22(33)18-30(25)43-21(3)4)32(38)36-45(41,42)24-11-14-28(29(19-24)37(39)40)34-16-17-44-23-8-6-5-7-9-23/h5-15,18-21,34H,16-17H2,1-4H3,(H,36,38). The SMILES string of the molecule is CC(C)Oc1cc(Cl)ccc1-c1ccc(C(=O)NS(=O)(=O)c2ccc(NCCSc3ccccc3)c([N+](=O)[O-])c2)c(C(C)C)n1. The van der Waals surface area contributed by atoms with Crippen LogP contribution in [0.3, 0.4) is 0 Å². The van der Waals surface area contributed by atoms with Crippen LogP contribution in [0.2, 0.25) is 5.02 Å². The number of carbonyl (C=O) groups excluding carboxylic acids is 1. The van der Waals surface area contributed by atoms with Gasteiger partial charge in [0, 0.05) is 33.8 Å². The average Bonchev–Trinajstić information content (AvgIpc) is 2.99. The number of thioether (sulfide) groups is 1. The molecule has 1 heterocycles. The Morgan fingerprint density at radius 1 is 1.02 bits per heavy atom. The molecule has 0 saturated heterocycles. The van der Waals surface area contributed by atoms with Crippen molar-refractivity contribution < 1.29 is 22.9 Å². The molecule has 0 bridgehead atoms. The molecule has 0 aliphatic carbocycles. The molecule has 4 aromatic rings. The van der Waals surface area contributed by atoms with Crippen LogP contribution in [-0.2, 0) is 10.0 Å². The Kier molecular flexibility index (Phi) is 11.1. The normalized spacial score (nSPS) is 11.4. The van der Waals surface area contributed by atoms with Gasteiger partial charge < -0.3 is 10.1 Å². The van der Waals surface area contributed by atoms with Crippen molar-refractivity contribution in [2.24, 2.45) is 0 Å². The fourth-order valence-corrected chi connectivity index (χ4v) is 6.34. The van der Waals surface area contributed by atoms with Crippen LogP contribution in [0, 0.1) is 10.1 Å². The molecule has 0 aliphatic rings. The lowest BCUT2D eigenvalue weighted by Gasteiger charge is -2.17. The molecule has 0 atom stereocenters. The molecule has 10 nitrogen and oxygen atoms in total. The number of nitrogens with one attached hydrogen (secondary N) is 2. The first-order valence-corrected chi connectivity index (χ1v) is 16.9. The molecule has 0 aliphatic heterocycles. The number of carbonyl (C=O) groups is 1. The summed E-state index contributed by atoms with van der Waals surface area (Å²) in [7, 11) is -4.47. The molecule has 1 aromatic heterocycles. The number of aromatic nitrogens is 1. The minimum Gasteiger partial charge on any atom is -0.490 e. The number of benzene rings is 3. The molecule has 0 radical (unpaired) electrons. The average molecular weight is 669 g/mol. The zero-order chi connectivity index (χ0) is 32.7. The fraction of sp³-hybridized carbons (Fsp3) is 0.250. The van der Waals surface area contributed by atoms with Gasteiger partial charge in [-0.2, -0.15) is 0 Å². The molecule has 1 amide bonds. The second kappa shape index (κ2) is 14.8. The second-order valence-corrected chi connectivity index (χ2v) is 13.8. The van der Waals surface area contributed by atoms with Crippen molar-refractivity contribution in [2.75, 3.05) is 17.6 Å². The van der Waals surface area contributed by atoms with Crippen LogP contribution < -0.4 is 14.8 Å². The zero-order valence-corrected chi connectivity index (χ0v) is 27.5. The summed E-state index contributed by atoms with van der Waals surface area (Å²) >= 11 is 7.76. The molecular formula is C32H33ClN4O6S2. The lowest BCUT2D eigenvalue weighted by atomic mass is 10.0. The molecule has 45 heavy (non-hydrogen) atoms. The largest absolute Gasteiger partial charge is 0.490 e. The van der Waals surface area contributed by atoms with Crippen LogP contribution in [0.25, 0.3) is 11.3 Å². The molecule has 0 unspecified atom stereocenters. The number of sulfonamides is 1. The van der Waals surface area contributed by atoms with Gasteiger partial charge in [-0.15, -0.1) is 11.8 Å².